The lowest BCUT2D eigenvalue weighted by molar-refractivity contribution is 0.189. The topological polar surface area (TPSA) is 0 Å². The van der Waals surface area contributed by atoms with Gasteiger partial charge in [-0.05, 0) is 18.9 Å². The maximum atomic E-state index is 11.6. The Balaban J connectivity index is 3.55. The van der Waals surface area contributed by atoms with Crippen molar-refractivity contribution < 1.29 is 8.78 Å². The van der Waals surface area contributed by atoms with E-state index in [4.69, 9.17) is 11.6 Å². The van der Waals surface area contributed by atoms with E-state index in [0.717, 1.165) is 0 Å². The fourth-order valence-corrected chi connectivity index (χ4v) is 0.480. The van der Waals surface area contributed by atoms with Gasteiger partial charge in [-0.3, -0.25) is 0 Å². The Labute approximate surface area is 58.5 Å². The van der Waals surface area contributed by atoms with E-state index >= 15 is 0 Å². The molecule has 0 aromatic carbocycles. The minimum Gasteiger partial charge on any atom is -0.205 e. The van der Waals surface area contributed by atoms with E-state index in [1.165, 1.54) is 13.0 Å². The van der Waals surface area contributed by atoms with Gasteiger partial charge in [-0.15, -0.1) is 11.6 Å². The standard InChI is InChI=1S/C6H9ClF2/c1-5(6(8)9)3-2-4-7/h3,6H,2,4H2,1H3. The smallest absolute Gasteiger partial charge is 0.205 e. The van der Waals surface area contributed by atoms with E-state index in [-0.39, 0.29) is 5.57 Å². The predicted octanol–water partition coefficient (Wildman–Crippen LogP) is 2.83. The van der Waals surface area contributed by atoms with E-state index in [2.05, 4.69) is 0 Å². The highest BCUT2D eigenvalue weighted by atomic mass is 35.5. The molecule has 0 spiro atoms. The molecule has 0 heterocycles. The van der Waals surface area contributed by atoms with E-state index in [1.807, 2.05) is 0 Å². The zero-order chi connectivity index (χ0) is 7.28. The molecule has 0 fully saturated rings. The maximum absolute atomic E-state index is 11.6. The molecule has 0 saturated carbocycles. The first kappa shape index (κ1) is 8.89. The molecule has 0 saturated heterocycles. The molecule has 0 aliphatic heterocycles. The van der Waals surface area contributed by atoms with Crippen molar-refractivity contribution in [3.05, 3.63) is 11.6 Å². The SMILES string of the molecule is CC(=CCCCl)C(F)F. The summed E-state index contributed by atoms with van der Waals surface area (Å²) in [5.74, 6) is 0.407. The van der Waals surface area contributed by atoms with Crippen LogP contribution in [0.1, 0.15) is 13.3 Å². The van der Waals surface area contributed by atoms with Gasteiger partial charge in [0.15, 0.2) is 0 Å². The van der Waals surface area contributed by atoms with Crippen molar-refractivity contribution in [1.29, 1.82) is 0 Å². The third-order valence-corrected chi connectivity index (χ3v) is 1.14. The Morgan fingerprint density at radius 3 is 2.56 bits per heavy atom. The zero-order valence-corrected chi connectivity index (χ0v) is 5.96. The Morgan fingerprint density at radius 2 is 2.22 bits per heavy atom. The monoisotopic (exact) mass is 154 g/mol. The molecule has 0 aromatic heterocycles. The number of allylic oxidation sites excluding steroid dienone is 2. The van der Waals surface area contributed by atoms with Crippen LogP contribution in [-0.4, -0.2) is 12.3 Å². The van der Waals surface area contributed by atoms with Crippen LogP contribution in [0.15, 0.2) is 11.6 Å². The number of rotatable bonds is 3. The molecule has 0 unspecified atom stereocenters. The van der Waals surface area contributed by atoms with Gasteiger partial charge in [-0.2, -0.15) is 0 Å². The highest BCUT2D eigenvalue weighted by Crippen LogP contribution is 2.07. The van der Waals surface area contributed by atoms with Crippen molar-refractivity contribution in [1.82, 2.24) is 0 Å². The number of hydrogen-bond donors (Lipinski definition) is 0. The highest BCUT2D eigenvalue weighted by Gasteiger charge is 2.02. The van der Waals surface area contributed by atoms with Gasteiger partial charge in [0.05, 0.1) is 0 Å². The molecule has 0 aromatic rings. The van der Waals surface area contributed by atoms with Gasteiger partial charge >= 0.3 is 0 Å². The van der Waals surface area contributed by atoms with Gasteiger partial charge in [0.2, 0.25) is 0 Å². The molecule has 0 N–H and O–H groups in total. The van der Waals surface area contributed by atoms with Crippen LogP contribution in [0.2, 0.25) is 0 Å². The fourth-order valence-electron chi connectivity index (χ4n) is 0.371. The van der Waals surface area contributed by atoms with Crippen LogP contribution in [0.5, 0.6) is 0 Å². The molecule has 0 bridgehead atoms. The molecule has 0 radical (unpaired) electrons. The number of alkyl halides is 3. The molecule has 0 rings (SSSR count). The summed E-state index contributed by atoms with van der Waals surface area (Å²) >= 11 is 5.26. The second-order valence-electron chi connectivity index (χ2n) is 1.73. The summed E-state index contributed by atoms with van der Waals surface area (Å²) in [4.78, 5) is 0. The maximum Gasteiger partial charge on any atom is 0.259 e. The molecular formula is C6H9ClF2. The predicted molar refractivity (Wildman–Crippen MR) is 35.1 cm³/mol. The summed E-state index contributed by atoms with van der Waals surface area (Å²) < 4.78 is 23.3. The average Bonchev–Trinajstić information content (AvgIpc) is 1.82. The van der Waals surface area contributed by atoms with Crippen LogP contribution in [0.25, 0.3) is 0 Å². The van der Waals surface area contributed by atoms with Crippen molar-refractivity contribution >= 4 is 11.6 Å². The van der Waals surface area contributed by atoms with Crippen LogP contribution in [-0.2, 0) is 0 Å². The van der Waals surface area contributed by atoms with Crippen molar-refractivity contribution in [3.8, 4) is 0 Å². The largest absolute Gasteiger partial charge is 0.259 e. The van der Waals surface area contributed by atoms with Gasteiger partial charge in [-0.25, -0.2) is 8.78 Å². The first-order chi connectivity index (χ1) is 4.18. The van der Waals surface area contributed by atoms with Gasteiger partial charge in [0, 0.05) is 5.88 Å². The van der Waals surface area contributed by atoms with E-state index in [9.17, 15) is 8.78 Å². The lowest BCUT2D eigenvalue weighted by Crippen LogP contribution is -1.91. The molecule has 9 heavy (non-hydrogen) atoms. The summed E-state index contributed by atoms with van der Waals surface area (Å²) in [6, 6.07) is 0. The van der Waals surface area contributed by atoms with Crippen LogP contribution >= 0.6 is 11.6 Å². The van der Waals surface area contributed by atoms with Crippen LogP contribution in [0.4, 0.5) is 8.78 Å². The normalized spacial score (nSPS) is 12.8. The first-order valence-corrected chi connectivity index (χ1v) is 3.22. The Morgan fingerprint density at radius 1 is 1.67 bits per heavy atom. The highest BCUT2D eigenvalue weighted by molar-refractivity contribution is 6.17. The lowest BCUT2D eigenvalue weighted by Gasteiger charge is -1.95. The summed E-state index contributed by atoms with van der Waals surface area (Å²) in [6.45, 7) is 1.40. The first-order valence-electron chi connectivity index (χ1n) is 2.69. The fraction of sp³-hybridized carbons (Fsp3) is 0.667. The van der Waals surface area contributed by atoms with Crippen LogP contribution in [0, 0.1) is 0 Å². The summed E-state index contributed by atoms with van der Waals surface area (Å²) in [5.41, 5.74) is 0.107. The van der Waals surface area contributed by atoms with E-state index in [0.29, 0.717) is 12.3 Å². The third kappa shape index (κ3) is 4.40. The summed E-state index contributed by atoms with van der Waals surface area (Å²) in [7, 11) is 0. The van der Waals surface area contributed by atoms with Crippen LogP contribution < -0.4 is 0 Å². The Kier molecular flexibility index (Phi) is 4.68. The Bertz CT molecular complexity index is 99.2. The summed E-state index contributed by atoms with van der Waals surface area (Å²) in [5, 5.41) is 0. The van der Waals surface area contributed by atoms with Crippen molar-refractivity contribution in [3.63, 3.8) is 0 Å². The number of hydrogen-bond acceptors (Lipinski definition) is 0. The zero-order valence-electron chi connectivity index (χ0n) is 5.20. The molecule has 0 aliphatic carbocycles. The lowest BCUT2D eigenvalue weighted by atomic mass is 10.2. The van der Waals surface area contributed by atoms with Crippen molar-refractivity contribution in [2.75, 3.05) is 5.88 Å². The van der Waals surface area contributed by atoms with E-state index < -0.39 is 6.43 Å². The molecule has 54 valence electrons. The molecule has 0 atom stereocenters. The van der Waals surface area contributed by atoms with Gasteiger partial charge < -0.3 is 0 Å². The average molecular weight is 155 g/mol. The second kappa shape index (κ2) is 4.74. The van der Waals surface area contributed by atoms with Crippen molar-refractivity contribution in [2.24, 2.45) is 0 Å². The molecule has 0 amide bonds. The summed E-state index contributed by atoms with van der Waals surface area (Å²) in [6.07, 6.45) is -0.344. The minimum atomic E-state index is -2.33. The van der Waals surface area contributed by atoms with Crippen molar-refractivity contribution in [2.45, 2.75) is 19.8 Å². The quantitative estimate of drug-likeness (QED) is 0.433. The number of halogens is 3. The second-order valence-corrected chi connectivity index (χ2v) is 2.10. The van der Waals surface area contributed by atoms with Gasteiger partial charge in [0.25, 0.3) is 6.43 Å². The molecule has 3 heteroatoms. The molecule has 0 aliphatic rings. The minimum absolute atomic E-state index is 0.107. The molecular weight excluding hydrogens is 146 g/mol. The van der Waals surface area contributed by atoms with Crippen LogP contribution in [0.3, 0.4) is 0 Å². The van der Waals surface area contributed by atoms with E-state index in [1.54, 1.807) is 0 Å². The third-order valence-electron chi connectivity index (χ3n) is 0.920. The Hall–Kier alpha value is -0.110. The van der Waals surface area contributed by atoms with Gasteiger partial charge in [-0.1, -0.05) is 6.08 Å². The molecule has 0 nitrogen and oxygen atoms in total. The van der Waals surface area contributed by atoms with Gasteiger partial charge in [0.1, 0.15) is 0 Å².